The first-order valence-corrected chi connectivity index (χ1v) is 13.4. The smallest absolute Gasteiger partial charge is 0.351 e. The third-order valence-electron chi connectivity index (χ3n) is 6.67. The van der Waals surface area contributed by atoms with Crippen LogP contribution in [0.5, 0.6) is 0 Å². The van der Waals surface area contributed by atoms with Gasteiger partial charge in [0.25, 0.3) is 5.91 Å². The van der Waals surface area contributed by atoms with E-state index in [0.29, 0.717) is 11.1 Å². The van der Waals surface area contributed by atoms with Gasteiger partial charge in [-0.1, -0.05) is 54.6 Å². The van der Waals surface area contributed by atoms with Gasteiger partial charge in [-0.3, -0.25) is 9.36 Å². The van der Waals surface area contributed by atoms with Crippen molar-refractivity contribution < 1.29 is 28.6 Å². The van der Waals surface area contributed by atoms with Gasteiger partial charge in [-0.15, -0.1) is 11.6 Å². The number of benzene rings is 3. The van der Waals surface area contributed by atoms with Gasteiger partial charge in [0.1, 0.15) is 23.4 Å². The van der Waals surface area contributed by atoms with Crippen LogP contribution in [0.15, 0.2) is 108 Å². The number of ether oxygens (including phenoxy) is 3. The van der Waals surface area contributed by atoms with Crippen molar-refractivity contribution in [1.82, 2.24) is 9.55 Å². The van der Waals surface area contributed by atoms with E-state index in [2.05, 4.69) is 10.3 Å². The van der Waals surface area contributed by atoms with Gasteiger partial charge in [-0.2, -0.15) is 4.98 Å². The fourth-order valence-corrected chi connectivity index (χ4v) is 4.88. The lowest BCUT2D eigenvalue weighted by Gasteiger charge is -2.29. The lowest BCUT2D eigenvalue weighted by molar-refractivity contribution is -0.0585. The summed E-state index contributed by atoms with van der Waals surface area (Å²) >= 11 is 6.97. The second-order valence-corrected chi connectivity index (χ2v) is 10.5. The molecule has 10 nitrogen and oxygen atoms in total. The lowest BCUT2D eigenvalue weighted by Crippen LogP contribution is -2.45. The van der Waals surface area contributed by atoms with Gasteiger partial charge in [-0.25, -0.2) is 14.4 Å². The molecule has 11 heteroatoms. The fraction of sp³-hybridized carbons (Fsp3) is 0.194. The van der Waals surface area contributed by atoms with Crippen molar-refractivity contribution >= 4 is 35.3 Å². The summed E-state index contributed by atoms with van der Waals surface area (Å²) in [6.07, 6.45) is -1.96. The van der Waals surface area contributed by atoms with Gasteiger partial charge in [0.05, 0.1) is 11.1 Å². The molecule has 4 atom stereocenters. The predicted octanol–water partition coefficient (Wildman–Crippen LogP) is 4.47. The first-order valence-electron chi connectivity index (χ1n) is 13.0. The number of hydrogen-bond donors (Lipinski definition) is 1. The van der Waals surface area contributed by atoms with Crippen LogP contribution in [-0.2, 0) is 14.2 Å². The van der Waals surface area contributed by atoms with Crippen LogP contribution in [0.25, 0.3) is 0 Å². The van der Waals surface area contributed by atoms with Crippen molar-refractivity contribution in [3.8, 4) is 0 Å². The molecular formula is C31H26ClN3O7. The van der Waals surface area contributed by atoms with Gasteiger partial charge in [0, 0.05) is 11.8 Å². The van der Waals surface area contributed by atoms with E-state index < -0.39 is 46.8 Å². The van der Waals surface area contributed by atoms with Gasteiger partial charge in [-0.05, 0) is 49.4 Å². The standard InChI is InChI=1S/C31H26ClN3O7/c1-31(32)25(42-28(38)22-15-9-4-10-16-22)23(19-40-27(37)21-13-7-3-8-14-21)41-29(31)35-18-17-24(34-30(35)39)33-26(36)20-11-5-2-6-12-20/h2-18,23,25,29H,19H2,1H3,(H,33,34,36,39)/t23-,25+,29+,31+/m0/s1. The quantitative estimate of drug-likeness (QED) is 0.236. The van der Waals surface area contributed by atoms with Crippen LogP contribution >= 0.6 is 11.6 Å². The molecule has 42 heavy (non-hydrogen) atoms. The summed E-state index contributed by atoms with van der Waals surface area (Å²) in [6, 6.07) is 26.6. The molecule has 1 aliphatic rings. The molecule has 1 N–H and O–H groups in total. The summed E-state index contributed by atoms with van der Waals surface area (Å²) < 4.78 is 18.5. The molecule has 0 spiro atoms. The number of alkyl halides is 1. The number of nitrogens with one attached hydrogen (secondary N) is 1. The number of anilines is 1. The van der Waals surface area contributed by atoms with Crippen LogP contribution < -0.4 is 11.0 Å². The molecule has 4 aromatic rings. The largest absolute Gasteiger partial charge is 0.459 e. The van der Waals surface area contributed by atoms with Crippen LogP contribution in [0.4, 0.5) is 5.82 Å². The average molecular weight is 588 g/mol. The number of carbonyl (C=O) groups excluding carboxylic acids is 3. The molecule has 0 saturated carbocycles. The van der Waals surface area contributed by atoms with Crippen molar-refractivity contribution in [2.45, 2.75) is 30.2 Å². The molecule has 3 aromatic carbocycles. The number of rotatable bonds is 8. The van der Waals surface area contributed by atoms with Crippen molar-refractivity contribution in [3.63, 3.8) is 0 Å². The maximum Gasteiger partial charge on any atom is 0.351 e. The SMILES string of the molecule is C[C@@]1(Cl)[C@H](OC(=O)c2ccccc2)[C@H](COC(=O)c2ccccc2)O[C@H]1n1ccc(NC(=O)c2ccccc2)nc1=O. The Morgan fingerprint density at radius 3 is 2.00 bits per heavy atom. The van der Waals surface area contributed by atoms with Crippen molar-refractivity contribution in [2.24, 2.45) is 0 Å². The molecule has 0 aliphatic carbocycles. The number of carbonyl (C=O) groups is 3. The Kier molecular flexibility index (Phi) is 8.46. The van der Waals surface area contributed by atoms with Crippen LogP contribution in [0, 0.1) is 0 Å². The summed E-state index contributed by atoms with van der Waals surface area (Å²) in [4.78, 5) is 53.7. The van der Waals surface area contributed by atoms with Crippen LogP contribution in [0.1, 0.15) is 44.2 Å². The second-order valence-electron chi connectivity index (χ2n) is 9.66. The lowest BCUT2D eigenvalue weighted by atomic mass is 10.0. The van der Waals surface area contributed by atoms with Gasteiger partial charge in [0.2, 0.25) is 0 Å². The highest BCUT2D eigenvalue weighted by Crippen LogP contribution is 2.44. The minimum absolute atomic E-state index is 0.0276. The van der Waals surface area contributed by atoms with Crippen molar-refractivity contribution in [2.75, 3.05) is 11.9 Å². The molecule has 1 amide bonds. The minimum atomic E-state index is -1.49. The Labute approximate surface area is 245 Å². The Bertz CT molecular complexity index is 1630. The summed E-state index contributed by atoms with van der Waals surface area (Å²) in [6.45, 7) is 1.24. The third kappa shape index (κ3) is 6.24. The van der Waals surface area contributed by atoms with E-state index in [-0.39, 0.29) is 18.0 Å². The maximum atomic E-state index is 13.1. The summed E-state index contributed by atoms with van der Waals surface area (Å²) in [5.74, 6) is -1.68. The number of nitrogens with zero attached hydrogens (tertiary/aromatic N) is 2. The zero-order valence-corrected chi connectivity index (χ0v) is 23.1. The number of esters is 2. The molecule has 1 saturated heterocycles. The number of hydrogen-bond acceptors (Lipinski definition) is 8. The molecule has 1 fully saturated rings. The van der Waals surface area contributed by atoms with E-state index in [9.17, 15) is 19.2 Å². The topological polar surface area (TPSA) is 126 Å². The highest BCUT2D eigenvalue weighted by atomic mass is 35.5. The summed E-state index contributed by atoms with van der Waals surface area (Å²) in [5, 5.41) is 2.58. The molecule has 0 bridgehead atoms. The Hall–Kier alpha value is -4.80. The first kappa shape index (κ1) is 28.7. The van der Waals surface area contributed by atoms with Gasteiger partial charge in [0.15, 0.2) is 12.3 Å². The molecule has 2 heterocycles. The molecule has 1 aliphatic heterocycles. The van der Waals surface area contributed by atoms with Gasteiger partial charge >= 0.3 is 17.6 Å². The Morgan fingerprint density at radius 2 is 1.43 bits per heavy atom. The van der Waals surface area contributed by atoms with E-state index in [1.807, 2.05) is 0 Å². The molecule has 5 rings (SSSR count). The van der Waals surface area contributed by atoms with Crippen LogP contribution in [0.2, 0.25) is 0 Å². The number of halogens is 1. The second kappa shape index (κ2) is 12.4. The predicted molar refractivity (Wildman–Crippen MR) is 153 cm³/mol. The molecule has 1 aromatic heterocycles. The zero-order chi connectivity index (χ0) is 29.7. The van der Waals surface area contributed by atoms with E-state index in [1.54, 1.807) is 97.9 Å². The third-order valence-corrected chi connectivity index (χ3v) is 7.07. The van der Waals surface area contributed by atoms with E-state index >= 15 is 0 Å². The molecule has 0 unspecified atom stereocenters. The van der Waals surface area contributed by atoms with Gasteiger partial charge < -0.3 is 19.5 Å². The monoisotopic (exact) mass is 587 g/mol. The van der Waals surface area contributed by atoms with Crippen molar-refractivity contribution in [3.05, 3.63) is 130 Å². The Balaban J connectivity index is 1.39. The van der Waals surface area contributed by atoms with Crippen LogP contribution in [-0.4, -0.2) is 51.1 Å². The maximum absolute atomic E-state index is 13.1. The zero-order valence-electron chi connectivity index (χ0n) is 22.4. The highest BCUT2D eigenvalue weighted by Gasteiger charge is 2.56. The number of aromatic nitrogens is 2. The van der Waals surface area contributed by atoms with Crippen LogP contribution in [0.3, 0.4) is 0 Å². The average Bonchev–Trinajstić information content (AvgIpc) is 3.25. The minimum Gasteiger partial charge on any atom is -0.459 e. The normalized spacial score (nSPS) is 21.3. The molecule has 214 valence electrons. The molecular weight excluding hydrogens is 562 g/mol. The summed E-state index contributed by atoms with van der Waals surface area (Å²) in [5.41, 5.74) is 0.234. The Morgan fingerprint density at radius 1 is 0.881 bits per heavy atom. The molecule has 0 radical (unpaired) electrons. The summed E-state index contributed by atoms with van der Waals surface area (Å²) in [7, 11) is 0. The number of amides is 1. The fourth-order valence-electron chi connectivity index (χ4n) is 4.54. The first-order chi connectivity index (χ1) is 20.2. The van der Waals surface area contributed by atoms with Crippen molar-refractivity contribution in [1.29, 1.82) is 0 Å². The van der Waals surface area contributed by atoms with E-state index in [1.165, 1.54) is 12.3 Å². The van der Waals surface area contributed by atoms with E-state index in [0.717, 1.165) is 4.57 Å². The highest BCUT2D eigenvalue weighted by molar-refractivity contribution is 6.24. The van der Waals surface area contributed by atoms with E-state index in [4.69, 9.17) is 25.8 Å².